The van der Waals surface area contributed by atoms with E-state index in [1.807, 2.05) is 6.92 Å². The van der Waals surface area contributed by atoms with E-state index >= 15 is 0 Å². The Balaban J connectivity index is 4.04. The molecule has 0 spiro atoms. The van der Waals surface area contributed by atoms with Crippen molar-refractivity contribution in [2.24, 2.45) is 5.92 Å². The van der Waals surface area contributed by atoms with Crippen LogP contribution < -0.4 is 0 Å². The summed E-state index contributed by atoms with van der Waals surface area (Å²) in [5.41, 5.74) is 0. The molecule has 0 aromatic rings. The highest BCUT2D eigenvalue weighted by Gasteiger charge is 2.32. The molecule has 0 saturated carbocycles. The first-order chi connectivity index (χ1) is 7.55. The topological polar surface area (TPSA) is 35.5 Å². The summed E-state index contributed by atoms with van der Waals surface area (Å²) in [5, 5.41) is 0. The van der Waals surface area contributed by atoms with E-state index in [1.165, 1.54) is 6.08 Å². The second kappa shape index (κ2) is 7.76. The van der Waals surface area contributed by atoms with Gasteiger partial charge in [-0.1, -0.05) is 26.8 Å². The molecule has 0 radical (unpaired) electrons. The summed E-state index contributed by atoms with van der Waals surface area (Å²) >= 11 is 0. The largest absolute Gasteiger partial charge is 0.398 e. The fraction of sp³-hybridized carbons (Fsp3) is 0.750. The predicted octanol–water partition coefficient (Wildman–Crippen LogP) is 2.91. The van der Waals surface area contributed by atoms with E-state index in [2.05, 4.69) is 13.5 Å². The molecule has 0 N–H and O–H groups in total. The SMILES string of the molecule is C=CC(=O)C(C)CCC[Si](CC)(OC)OC. The molecule has 0 aromatic heterocycles. The van der Waals surface area contributed by atoms with E-state index in [-0.39, 0.29) is 11.7 Å². The van der Waals surface area contributed by atoms with Crippen molar-refractivity contribution >= 4 is 14.3 Å². The first-order valence-corrected chi connectivity index (χ1v) is 8.04. The van der Waals surface area contributed by atoms with Crippen molar-refractivity contribution in [2.75, 3.05) is 14.2 Å². The van der Waals surface area contributed by atoms with E-state index in [4.69, 9.17) is 8.85 Å². The zero-order valence-electron chi connectivity index (χ0n) is 10.9. The van der Waals surface area contributed by atoms with Gasteiger partial charge in [0, 0.05) is 20.1 Å². The minimum Gasteiger partial charge on any atom is -0.398 e. The van der Waals surface area contributed by atoms with Gasteiger partial charge in [-0.25, -0.2) is 0 Å². The van der Waals surface area contributed by atoms with Crippen molar-refractivity contribution in [3.63, 3.8) is 0 Å². The van der Waals surface area contributed by atoms with Gasteiger partial charge in [-0.2, -0.15) is 0 Å². The highest BCUT2D eigenvalue weighted by molar-refractivity contribution is 6.67. The van der Waals surface area contributed by atoms with Gasteiger partial charge in [-0.3, -0.25) is 4.79 Å². The summed E-state index contributed by atoms with van der Waals surface area (Å²) in [5.74, 6) is 0.188. The van der Waals surface area contributed by atoms with Gasteiger partial charge >= 0.3 is 8.56 Å². The first kappa shape index (κ1) is 15.5. The fourth-order valence-electron chi connectivity index (χ4n) is 1.77. The van der Waals surface area contributed by atoms with Crippen LogP contribution in [-0.2, 0) is 13.6 Å². The Kier molecular flexibility index (Phi) is 7.54. The van der Waals surface area contributed by atoms with Crippen LogP contribution in [0.2, 0.25) is 12.1 Å². The molecule has 0 fully saturated rings. The van der Waals surface area contributed by atoms with Crippen LogP contribution in [-0.4, -0.2) is 28.6 Å². The van der Waals surface area contributed by atoms with Crippen molar-refractivity contribution < 1.29 is 13.6 Å². The van der Waals surface area contributed by atoms with Crippen LogP contribution in [0.3, 0.4) is 0 Å². The monoisotopic (exact) mass is 244 g/mol. The molecule has 0 aromatic carbocycles. The van der Waals surface area contributed by atoms with Gasteiger partial charge in [0.1, 0.15) is 0 Å². The normalized spacial score (nSPS) is 13.5. The van der Waals surface area contributed by atoms with E-state index in [0.717, 1.165) is 24.9 Å². The molecule has 0 aliphatic rings. The second-order valence-electron chi connectivity index (χ2n) is 4.07. The molecule has 0 bridgehead atoms. The molecule has 0 heterocycles. The van der Waals surface area contributed by atoms with Crippen molar-refractivity contribution in [1.29, 1.82) is 0 Å². The van der Waals surface area contributed by atoms with Crippen LogP contribution in [0.25, 0.3) is 0 Å². The van der Waals surface area contributed by atoms with Crippen LogP contribution in [0.5, 0.6) is 0 Å². The van der Waals surface area contributed by atoms with Gasteiger partial charge in [0.25, 0.3) is 0 Å². The Morgan fingerprint density at radius 3 is 2.38 bits per heavy atom. The number of hydrogen-bond donors (Lipinski definition) is 0. The number of carbonyl (C=O) groups excluding carboxylic acids is 1. The van der Waals surface area contributed by atoms with E-state index in [9.17, 15) is 4.79 Å². The van der Waals surface area contributed by atoms with Crippen LogP contribution in [0.4, 0.5) is 0 Å². The lowest BCUT2D eigenvalue weighted by molar-refractivity contribution is -0.117. The number of ketones is 1. The minimum absolute atomic E-state index is 0.0646. The molecule has 1 unspecified atom stereocenters. The van der Waals surface area contributed by atoms with Crippen LogP contribution in [0.15, 0.2) is 12.7 Å². The molecule has 0 saturated heterocycles. The maximum atomic E-state index is 11.3. The van der Waals surface area contributed by atoms with Gasteiger partial charge in [-0.15, -0.1) is 0 Å². The second-order valence-corrected chi connectivity index (χ2v) is 7.92. The molecular weight excluding hydrogens is 220 g/mol. The van der Waals surface area contributed by atoms with E-state index in [0.29, 0.717) is 0 Å². The highest BCUT2D eigenvalue weighted by Crippen LogP contribution is 2.22. The molecule has 94 valence electrons. The standard InChI is InChI=1S/C12H24O3Si/c1-6-12(13)11(3)9-8-10-16(7-2,14-4)15-5/h6,11H,1,7-10H2,2-5H3. The number of allylic oxidation sites excluding steroid dienone is 1. The third kappa shape index (κ3) is 4.59. The Bertz CT molecular complexity index is 216. The number of rotatable bonds is 9. The average Bonchev–Trinajstić information content (AvgIpc) is 2.34. The van der Waals surface area contributed by atoms with E-state index in [1.54, 1.807) is 14.2 Å². The maximum absolute atomic E-state index is 11.3. The summed E-state index contributed by atoms with van der Waals surface area (Å²) in [7, 11) is 1.47. The van der Waals surface area contributed by atoms with Gasteiger partial charge in [0.15, 0.2) is 5.78 Å². The summed E-state index contributed by atoms with van der Waals surface area (Å²) in [4.78, 5) is 11.3. The average molecular weight is 244 g/mol. The van der Waals surface area contributed by atoms with Crippen LogP contribution in [0, 0.1) is 5.92 Å². The minimum atomic E-state index is -1.97. The Morgan fingerprint density at radius 1 is 1.44 bits per heavy atom. The highest BCUT2D eigenvalue weighted by atomic mass is 28.4. The predicted molar refractivity (Wildman–Crippen MR) is 68.7 cm³/mol. The molecule has 0 amide bonds. The molecule has 3 nitrogen and oxygen atoms in total. The Hall–Kier alpha value is -0.453. The van der Waals surface area contributed by atoms with Gasteiger partial charge in [0.05, 0.1) is 0 Å². The molecule has 0 aliphatic heterocycles. The fourth-order valence-corrected chi connectivity index (χ4v) is 4.02. The van der Waals surface area contributed by atoms with Gasteiger partial charge in [-0.05, 0) is 24.6 Å². The molecule has 0 aliphatic carbocycles. The molecule has 4 heteroatoms. The maximum Gasteiger partial charge on any atom is 0.337 e. The Morgan fingerprint density at radius 2 is 2.00 bits per heavy atom. The van der Waals surface area contributed by atoms with Gasteiger partial charge < -0.3 is 8.85 Å². The number of hydrogen-bond acceptors (Lipinski definition) is 3. The zero-order valence-corrected chi connectivity index (χ0v) is 11.9. The third-order valence-electron chi connectivity index (χ3n) is 3.16. The summed E-state index contributed by atoms with van der Waals surface area (Å²) < 4.78 is 11.0. The molecule has 1 atom stereocenters. The van der Waals surface area contributed by atoms with Crippen molar-refractivity contribution in [3.05, 3.63) is 12.7 Å². The molecular formula is C12H24O3Si. The Labute approximate surface area is 100 Å². The molecule has 0 rings (SSSR count). The number of carbonyl (C=O) groups is 1. The summed E-state index contributed by atoms with van der Waals surface area (Å²) in [6.07, 6.45) is 3.26. The van der Waals surface area contributed by atoms with Crippen molar-refractivity contribution in [1.82, 2.24) is 0 Å². The lowest BCUT2D eigenvalue weighted by Gasteiger charge is -2.26. The van der Waals surface area contributed by atoms with E-state index < -0.39 is 8.56 Å². The molecule has 16 heavy (non-hydrogen) atoms. The summed E-state index contributed by atoms with van der Waals surface area (Å²) in [6, 6.07) is 1.90. The van der Waals surface area contributed by atoms with Crippen molar-refractivity contribution in [2.45, 2.75) is 38.8 Å². The lowest BCUT2D eigenvalue weighted by atomic mass is 10.0. The summed E-state index contributed by atoms with van der Waals surface area (Å²) in [6.45, 7) is 7.53. The van der Waals surface area contributed by atoms with Gasteiger partial charge in [0.2, 0.25) is 0 Å². The quantitative estimate of drug-likeness (QED) is 0.462. The van der Waals surface area contributed by atoms with Crippen molar-refractivity contribution in [3.8, 4) is 0 Å². The first-order valence-electron chi connectivity index (χ1n) is 5.81. The zero-order chi connectivity index (χ0) is 12.6. The lowest BCUT2D eigenvalue weighted by Crippen LogP contribution is -2.39. The third-order valence-corrected chi connectivity index (χ3v) is 6.85. The van der Waals surface area contributed by atoms with Crippen LogP contribution >= 0.6 is 0 Å². The smallest absolute Gasteiger partial charge is 0.337 e. The van der Waals surface area contributed by atoms with Crippen LogP contribution in [0.1, 0.15) is 26.7 Å².